The summed E-state index contributed by atoms with van der Waals surface area (Å²) in [5, 5.41) is 0. The third kappa shape index (κ3) is 2.38. The molecule has 2 aromatic heterocycles. The van der Waals surface area contributed by atoms with Gasteiger partial charge in [-0.25, -0.2) is 0 Å². The van der Waals surface area contributed by atoms with Gasteiger partial charge in [-0.3, -0.25) is 9.59 Å². The Hall–Kier alpha value is -2.10. The number of aryl methyl sites for hydroxylation is 3. The highest BCUT2D eigenvalue weighted by molar-refractivity contribution is 5.98. The molecule has 1 aliphatic carbocycles. The summed E-state index contributed by atoms with van der Waals surface area (Å²) in [7, 11) is 0. The Labute approximate surface area is 111 Å². The summed E-state index contributed by atoms with van der Waals surface area (Å²) in [5.74, 6) is 0.247. The first-order valence-electron chi connectivity index (χ1n) is 6.61. The number of rotatable bonds is 3. The van der Waals surface area contributed by atoms with Crippen LogP contribution < -0.4 is 5.56 Å². The van der Waals surface area contributed by atoms with Gasteiger partial charge in [0.2, 0.25) is 0 Å². The lowest BCUT2D eigenvalue weighted by Crippen LogP contribution is -2.20. The van der Waals surface area contributed by atoms with E-state index >= 15 is 0 Å². The maximum Gasteiger partial charge on any atom is 0.250 e. The molecule has 0 fully saturated rings. The van der Waals surface area contributed by atoms with Crippen molar-refractivity contribution in [3.8, 4) is 0 Å². The number of carbonyl (C=O) groups excluding carboxylic acids is 1. The molecular weight excluding hydrogens is 240 g/mol. The number of nitrogens with zero attached hydrogens (tertiary/aromatic N) is 2. The van der Waals surface area contributed by atoms with Crippen LogP contribution in [0.2, 0.25) is 0 Å². The van der Waals surface area contributed by atoms with Crippen molar-refractivity contribution in [1.82, 2.24) is 9.13 Å². The van der Waals surface area contributed by atoms with Crippen LogP contribution in [0.4, 0.5) is 0 Å². The molecule has 4 nitrogen and oxygen atoms in total. The highest BCUT2D eigenvalue weighted by Gasteiger charge is 2.18. The average Bonchev–Trinajstić information content (AvgIpc) is 2.82. The van der Waals surface area contributed by atoms with Crippen molar-refractivity contribution in [3.05, 3.63) is 58.3 Å². The Morgan fingerprint density at radius 3 is 2.74 bits per heavy atom. The minimum Gasteiger partial charge on any atom is -0.351 e. The first kappa shape index (κ1) is 12.0. The van der Waals surface area contributed by atoms with Crippen molar-refractivity contribution in [2.75, 3.05) is 0 Å². The predicted molar refractivity (Wildman–Crippen MR) is 72.4 cm³/mol. The molecule has 2 aromatic rings. The van der Waals surface area contributed by atoms with Gasteiger partial charge in [-0.15, -0.1) is 0 Å². The fourth-order valence-corrected chi connectivity index (χ4v) is 2.58. The van der Waals surface area contributed by atoms with E-state index in [2.05, 4.69) is 0 Å². The number of carbonyl (C=O) groups is 1. The molecule has 0 radical (unpaired) electrons. The van der Waals surface area contributed by atoms with E-state index in [1.807, 2.05) is 23.0 Å². The second-order valence-corrected chi connectivity index (χ2v) is 4.94. The smallest absolute Gasteiger partial charge is 0.250 e. The fourth-order valence-electron chi connectivity index (χ4n) is 2.58. The number of hydrogen-bond donors (Lipinski definition) is 0. The van der Waals surface area contributed by atoms with E-state index in [4.69, 9.17) is 0 Å². The molecule has 98 valence electrons. The second-order valence-electron chi connectivity index (χ2n) is 4.94. The minimum atomic E-state index is 0.00972. The molecular formula is C15H16N2O2. The zero-order chi connectivity index (χ0) is 13.2. The Morgan fingerprint density at radius 2 is 1.95 bits per heavy atom. The second kappa shape index (κ2) is 4.88. The molecule has 19 heavy (non-hydrogen) atoms. The van der Waals surface area contributed by atoms with Crippen molar-refractivity contribution >= 4 is 5.78 Å². The number of ketones is 1. The van der Waals surface area contributed by atoms with Gasteiger partial charge in [0.15, 0.2) is 5.78 Å². The average molecular weight is 256 g/mol. The van der Waals surface area contributed by atoms with Gasteiger partial charge < -0.3 is 9.13 Å². The Morgan fingerprint density at radius 1 is 1.05 bits per heavy atom. The van der Waals surface area contributed by atoms with E-state index in [1.54, 1.807) is 22.9 Å². The molecule has 4 heteroatoms. The van der Waals surface area contributed by atoms with Crippen LogP contribution in [0.25, 0.3) is 0 Å². The van der Waals surface area contributed by atoms with Crippen molar-refractivity contribution < 1.29 is 4.79 Å². The third-order valence-electron chi connectivity index (χ3n) is 3.61. The summed E-state index contributed by atoms with van der Waals surface area (Å²) < 4.78 is 3.70. The predicted octanol–water partition coefficient (Wildman–Crippen LogP) is 1.87. The first-order valence-corrected chi connectivity index (χ1v) is 6.61. The van der Waals surface area contributed by atoms with Gasteiger partial charge in [0.25, 0.3) is 5.56 Å². The van der Waals surface area contributed by atoms with Crippen LogP contribution in [0.1, 0.15) is 28.8 Å². The van der Waals surface area contributed by atoms with Crippen LogP contribution in [0, 0.1) is 0 Å². The molecule has 2 heterocycles. The summed E-state index contributed by atoms with van der Waals surface area (Å²) in [4.78, 5) is 23.3. The molecule has 0 N–H and O–H groups in total. The molecule has 3 rings (SSSR count). The highest BCUT2D eigenvalue weighted by atomic mass is 16.1. The SMILES string of the molecule is O=C1CCCc2cn(CCn3ccccc3=O)cc21. The maximum atomic E-state index is 11.8. The van der Waals surface area contributed by atoms with Crippen LogP contribution in [0.3, 0.4) is 0 Å². The molecule has 0 bridgehead atoms. The van der Waals surface area contributed by atoms with Gasteiger partial charge >= 0.3 is 0 Å². The molecule has 0 aliphatic heterocycles. The number of fused-ring (bicyclic) bond motifs is 1. The summed E-state index contributed by atoms with van der Waals surface area (Å²) in [5.41, 5.74) is 2.03. The normalized spacial score (nSPS) is 14.4. The summed E-state index contributed by atoms with van der Waals surface area (Å²) in [6, 6.07) is 5.15. The molecule has 0 amide bonds. The quantitative estimate of drug-likeness (QED) is 0.841. The fraction of sp³-hybridized carbons (Fsp3) is 0.333. The van der Waals surface area contributed by atoms with Crippen LogP contribution in [-0.2, 0) is 19.5 Å². The minimum absolute atomic E-state index is 0.00972. The maximum absolute atomic E-state index is 11.8. The zero-order valence-electron chi connectivity index (χ0n) is 10.7. The van der Waals surface area contributed by atoms with E-state index in [-0.39, 0.29) is 11.3 Å². The number of aromatic nitrogens is 2. The van der Waals surface area contributed by atoms with Crippen molar-refractivity contribution in [3.63, 3.8) is 0 Å². The monoisotopic (exact) mass is 256 g/mol. The van der Waals surface area contributed by atoms with Crippen LogP contribution >= 0.6 is 0 Å². The van der Waals surface area contributed by atoms with Gasteiger partial charge in [-0.1, -0.05) is 6.07 Å². The summed E-state index contributed by atoms with van der Waals surface area (Å²) >= 11 is 0. The Balaban J connectivity index is 1.76. The molecule has 0 saturated heterocycles. The molecule has 0 atom stereocenters. The largest absolute Gasteiger partial charge is 0.351 e. The topological polar surface area (TPSA) is 44.0 Å². The van der Waals surface area contributed by atoms with Crippen molar-refractivity contribution in [2.24, 2.45) is 0 Å². The third-order valence-corrected chi connectivity index (χ3v) is 3.61. The van der Waals surface area contributed by atoms with Gasteiger partial charge in [-0.2, -0.15) is 0 Å². The summed E-state index contributed by atoms with van der Waals surface area (Å²) in [6.07, 6.45) is 8.35. The van der Waals surface area contributed by atoms with E-state index in [0.717, 1.165) is 24.0 Å². The number of Topliss-reactive ketones (excluding diaryl/α,β-unsaturated/α-hetero) is 1. The van der Waals surface area contributed by atoms with E-state index in [1.165, 1.54) is 0 Å². The molecule has 0 saturated carbocycles. The first-order chi connectivity index (χ1) is 9.24. The van der Waals surface area contributed by atoms with Crippen LogP contribution in [0.5, 0.6) is 0 Å². The van der Waals surface area contributed by atoms with Gasteiger partial charge in [-0.05, 0) is 24.5 Å². The van der Waals surface area contributed by atoms with E-state index in [0.29, 0.717) is 19.5 Å². The lowest BCUT2D eigenvalue weighted by atomic mass is 9.95. The molecule has 0 aromatic carbocycles. The molecule has 0 spiro atoms. The number of hydrogen-bond acceptors (Lipinski definition) is 2. The Bertz CT molecular complexity index is 667. The summed E-state index contributed by atoms with van der Waals surface area (Å²) in [6.45, 7) is 1.34. The van der Waals surface area contributed by atoms with Crippen molar-refractivity contribution in [1.29, 1.82) is 0 Å². The van der Waals surface area contributed by atoms with Crippen molar-refractivity contribution in [2.45, 2.75) is 32.4 Å². The molecule has 1 aliphatic rings. The lowest BCUT2D eigenvalue weighted by Gasteiger charge is -2.07. The molecule has 0 unspecified atom stereocenters. The van der Waals surface area contributed by atoms with E-state index in [9.17, 15) is 9.59 Å². The number of pyridine rings is 1. The van der Waals surface area contributed by atoms with Gasteiger partial charge in [0.05, 0.1) is 0 Å². The van der Waals surface area contributed by atoms with Gasteiger partial charge in [0, 0.05) is 49.7 Å². The van der Waals surface area contributed by atoms with E-state index < -0.39 is 0 Å². The Kier molecular flexibility index (Phi) is 3.07. The highest BCUT2D eigenvalue weighted by Crippen LogP contribution is 2.21. The van der Waals surface area contributed by atoms with Gasteiger partial charge in [0.1, 0.15) is 0 Å². The standard InChI is InChI=1S/C15H16N2O2/c18-14-5-3-4-12-10-16(11-13(12)14)8-9-17-7-2-1-6-15(17)19/h1-2,6-7,10-11H,3-5,8-9H2. The van der Waals surface area contributed by atoms with Crippen LogP contribution in [-0.4, -0.2) is 14.9 Å². The zero-order valence-corrected chi connectivity index (χ0v) is 10.7. The lowest BCUT2D eigenvalue weighted by molar-refractivity contribution is 0.0973. The van der Waals surface area contributed by atoms with Crippen LogP contribution in [0.15, 0.2) is 41.6 Å².